The lowest BCUT2D eigenvalue weighted by Gasteiger charge is -2.32. The van der Waals surface area contributed by atoms with E-state index < -0.39 is 0 Å². The first kappa shape index (κ1) is 8.28. The van der Waals surface area contributed by atoms with Gasteiger partial charge in [-0.15, -0.1) is 0 Å². The molecule has 0 atom stereocenters. The van der Waals surface area contributed by atoms with Gasteiger partial charge in [0.15, 0.2) is 0 Å². The Hall–Kier alpha value is 0.177. The monoisotopic (exact) mass is 158 g/mol. The van der Waals surface area contributed by atoms with Crippen molar-refractivity contribution in [1.29, 1.82) is 0 Å². The lowest BCUT2D eigenvalue weighted by molar-refractivity contribution is 0.123. The molecule has 1 aliphatic rings. The van der Waals surface area contributed by atoms with Gasteiger partial charge in [-0.3, -0.25) is 0 Å². The van der Waals surface area contributed by atoms with E-state index in [1.807, 2.05) is 0 Å². The lowest BCUT2D eigenvalue weighted by Crippen LogP contribution is -2.25. The molecule has 1 aliphatic carbocycles. The molecule has 2 heteroatoms. The van der Waals surface area contributed by atoms with E-state index in [9.17, 15) is 0 Å². The van der Waals surface area contributed by atoms with Gasteiger partial charge in [0.1, 0.15) is 10.5 Å². The quantitative estimate of drug-likeness (QED) is 0.550. The summed E-state index contributed by atoms with van der Waals surface area (Å²) in [5.74, 6) is 0. The maximum atomic E-state index is 5.32. The highest BCUT2D eigenvalue weighted by molar-refractivity contribution is 5.97. The summed E-state index contributed by atoms with van der Waals surface area (Å²) in [6, 6.07) is 0. The van der Waals surface area contributed by atoms with E-state index in [0.29, 0.717) is 5.41 Å². The molecule has 0 unspecified atom stereocenters. The molecule has 0 heterocycles. The van der Waals surface area contributed by atoms with Crippen LogP contribution in [0.5, 0.6) is 0 Å². The third kappa shape index (κ3) is 2.10. The van der Waals surface area contributed by atoms with Crippen LogP contribution < -0.4 is 0 Å². The van der Waals surface area contributed by atoms with Gasteiger partial charge in [-0.1, -0.05) is 26.2 Å². The molecule has 0 amide bonds. The predicted molar refractivity (Wildman–Crippen MR) is 47.1 cm³/mol. The first-order chi connectivity index (χ1) is 4.77. The van der Waals surface area contributed by atoms with Gasteiger partial charge in [0.2, 0.25) is 0 Å². The molecule has 0 bridgehead atoms. The van der Waals surface area contributed by atoms with Gasteiger partial charge in [-0.25, -0.2) is 0 Å². The smallest absolute Gasteiger partial charge is 0.145 e. The average molecular weight is 158 g/mol. The zero-order chi connectivity index (χ0) is 7.45. The summed E-state index contributed by atoms with van der Waals surface area (Å²) in [4.78, 5) is 0. The first-order valence-corrected chi connectivity index (χ1v) is 5.07. The molecule has 1 nitrogen and oxygen atoms in total. The summed E-state index contributed by atoms with van der Waals surface area (Å²) in [6.45, 7) is 3.38. The predicted octanol–water partition coefficient (Wildman–Crippen LogP) is 1.25. The molecule has 0 aromatic heterocycles. The second kappa shape index (κ2) is 3.53. The Labute approximate surface area is 66.7 Å². The molecule has 0 saturated heterocycles. The highest BCUT2D eigenvalue weighted by atomic mass is 28.2. The molecule has 1 rings (SSSR count). The summed E-state index contributed by atoms with van der Waals surface area (Å²) < 4.78 is 5.32. The standard InChI is InChI=1S/C8H18OSi/c1-8(7-9-10)5-3-2-4-6-8/h2-7H2,1,10H3. The lowest BCUT2D eigenvalue weighted by atomic mass is 9.76. The van der Waals surface area contributed by atoms with Gasteiger partial charge in [0.25, 0.3) is 0 Å². The van der Waals surface area contributed by atoms with Crippen molar-refractivity contribution in [2.24, 2.45) is 5.41 Å². The molecular weight excluding hydrogens is 140 g/mol. The minimum absolute atomic E-state index is 0.542. The van der Waals surface area contributed by atoms with Crippen LogP contribution in [-0.2, 0) is 4.43 Å². The maximum absolute atomic E-state index is 5.32. The van der Waals surface area contributed by atoms with E-state index in [1.165, 1.54) is 32.1 Å². The van der Waals surface area contributed by atoms with Crippen LogP contribution in [-0.4, -0.2) is 17.1 Å². The van der Waals surface area contributed by atoms with Crippen molar-refractivity contribution in [2.75, 3.05) is 6.61 Å². The van der Waals surface area contributed by atoms with Gasteiger partial charge in [-0.2, -0.15) is 0 Å². The molecule has 0 spiro atoms. The Kier molecular flexibility index (Phi) is 2.92. The van der Waals surface area contributed by atoms with Crippen molar-refractivity contribution in [1.82, 2.24) is 0 Å². The largest absolute Gasteiger partial charge is 0.427 e. The van der Waals surface area contributed by atoms with Crippen LogP contribution in [0.2, 0.25) is 0 Å². The van der Waals surface area contributed by atoms with Crippen molar-refractivity contribution in [3.05, 3.63) is 0 Å². The summed E-state index contributed by atoms with van der Waals surface area (Å²) in [7, 11) is 0.906. The summed E-state index contributed by atoms with van der Waals surface area (Å²) in [6.07, 6.45) is 7.05. The highest BCUT2D eigenvalue weighted by Crippen LogP contribution is 2.35. The van der Waals surface area contributed by atoms with Crippen molar-refractivity contribution in [3.63, 3.8) is 0 Å². The van der Waals surface area contributed by atoms with Crippen molar-refractivity contribution in [2.45, 2.75) is 39.0 Å². The van der Waals surface area contributed by atoms with E-state index >= 15 is 0 Å². The van der Waals surface area contributed by atoms with Crippen LogP contribution in [0.4, 0.5) is 0 Å². The Bertz CT molecular complexity index is 91.9. The minimum atomic E-state index is 0.542. The molecule has 60 valence electrons. The van der Waals surface area contributed by atoms with E-state index in [-0.39, 0.29) is 0 Å². The van der Waals surface area contributed by atoms with E-state index in [0.717, 1.165) is 17.1 Å². The fourth-order valence-corrected chi connectivity index (χ4v) is 2.60. The Morgan fingerprint density at radius 1 is 1.30 bits per heavy atom. The number of hydrogen-bond acceptors (Lipinski definition) is 1. The molecule has 10 heavy (non-hydrogen) atoms. The van der Waals surface area contributed by atoms with Gasteiger partial charge in [0, 0.05) is 6.61 Å². The zero-order valence-corrected chi connectivity index (χ0v) is 9.15. The molecule has 0 aliphatic heterocycles. The Morgan fingerprint density at radius 3 is 2.40 bits per heavy atom. The number of rotatable bonds is 2. The van der Waals surface area contributed by atoms with Crippen molar-refractivity contribution >= 4 is 10.5 Å². The van der Waals surface area contributed by atoms with Crippen LogP contribution >= 0.6 is 0 Å². The average Bonchev–Trinajstić information content (AvgIpc) is 1.89. The van der Waals surface area contributed by atoms with E-state index in [2.05, 4.69) is 6.92 Å². The normalized spacial score (nSPS) is 24.9. The zero-order valence-electron chi connectivity index (χ0n) is 7.15. The van der Waals surface area contributed by atoms with Crippen molar-refractivity contribution < 1.29 is 4.43 Å². The van der Waals surface area contributed by atoms with Gasteiger partial charge >= 0.3 is 0 Å². The third-order valence-electron chi connectivity index (χ3n) is 2.55. The molecule has 0 radical (unpaired) electrons. The van der Waals surface area contributed by atoms with Crippen LogP contribution in [0.1, 0.15) is 39.0 Å². The van der Waals surface area contributed by atoms with Gasteiger partial charge in [0.05, 0.1) is 0 Å². The second-order valence-electron chi connectivity index (χ2n) is 3.80. The van der Waals surface area contributed by atoms with Crippen LogP contribution in [0.3, 0.4) is 0 Å². The van der Waals surface area contributed by atoms with Crippen molar-refractivity contribution in [3.8, 4) is 0 Å². The summed E-state index contributed by atoms with van der Waals surface area (Å²) >= 11 is 0. The molecule has 0 N–H and O–H groups in total. The van der Waals surface area contributed by atoms with Gasteiger partial charge < -0.3 is 4.43 Å². The minimum Gasteiger partial charge on any atom is -0.427 e. The van der Waals surface area contributed by atoms with Crippen LogP contribution in [0.25, 0.3) is 0 Å². The van der Waals surface area contributed by atoms with E-state index in [1.54, 1.807) is 0 Å². The third-order valence-corrected chi connectivity index (χ3v) is 2.84. The van der Waals surface area contributed by atoms with Gasteiger partial charge in [-0.05, 0) is 18.3 Å². The van der Waals surface area contributed by atoms with Crippen LogP contribution in [0, 0.1) is 5.41 Å². The molecular formula is C8H18OSi. The van der Waals surface area contributed by atoms with Crippen LogP contribution in [0.15, 0.2) is 0 Å². The second-order valence-corrected chi connectivity index (χ2v) is 4.38. The maximum Gasteiger partial charge on any atom is 0.145 e. The topological polar surface area (TPSA) is 9.23 Å². The Balaban J connectivity index is 2.32. The molecule has 0 aromatic carbocycles. The SMILES string of the molecule is CC1(CO[SiH3])CCCCC1. The number of hydrogen-bond donors (Lipinski definition) is 0. The summed E-state index contributed by atoms with van der Waals surface area (Å²) in [5.41, 5.74) is 0.542. The summed E-state index contributed by atoms with van der Waals surface area (Å²) in [5, 5.41) is 0. The van der Waals surface area contributed by atoms with E-state index in [4.69, 9.17) is 4.43 Å². The molecule has 1 saturated carbocycles. The molecule has 0 aromatic rings. The molecule has 1 fully saturated rings. The highest BCUT2D eigenvalue weighted by Gasteiger charge is 2.25. The first-order valence-electron chi connectivity index (χ1n) is 4.26. The Morgan fingerprint density at radius 2 is 1.90 bits per heavy atom. The fraction of sp³-hybridized carbons (Fsp3) is 1.00. The fourth-order valence-electron chi connectivity index (χ4n) is 1.90.